The van der Waals surface area contributed by atoms with Gasteiger partial charge in [-0.05, 0) is 58.8 Å². The SMILES string of the molecule is CC(C)c1cc(C(=O)Nc2ccc(I)cc2Cl)cc(Cl)n1. The van der Waals surface area contributed by atoms with E-state index >= 15 is 0 Å². The molecule has 110 valence electrons. The van der Waals surface area contributed by atoms with Crippen molar-refractivity contribution in [1.82, 2.24) is 4.98 Å². The van der Waals surface area contributed by atoms with Crippen LogP contribution in [0.3, 0.4) is 0 Å². The maximum atomic E-state index is 12.3. The predicted molar refractivity (Wildman–Crippen MR) is 95.5 cm³/mol. The van der Waals surface area contributed by atoms with Crippen LogP contribution in [0.1, 0.15) is 35.8 Å². The molecule has 0 saturated heterocycles. The zero-order valence-electron chi connectivity index (χ0n) is 11.5. The Kier molecular flexibility index (Phi) is 5.46. The van der Waals surface area contributed by atoms with Gasteiger partial charge in [-0.15, -0.1) is 0 Å². The van der Waals surface area contributed by atoms with E-state index in [0.717, 1.165) is 9.26 Å². The van der Waals surface area contributed by atoms with Gasteiger partial charge in [0.05, 0.1) is 10.7 Å². The molecule has 0 radical (unpaired) electrons. The summed E-state index contributed by atoms with van der Waals surface area (Å²) in [4.78, 5) is 16.5. The first-order valence-corrected chi connectivity index (χ1v) is 8.14. The van der Waals surface area contributed by atoms with E-state index in [1.807, 2.05) is 19.9 Å². The summed E-state index contributed by atoms with van der Waals surface area (Å²) in [5.74, 6) is -0.0681. The number of carbonyl (C=O) groups excluding carboxylic acids is 1. The summed E-state index contributed by atoms with van der Waals surface area (Å²) in [6.07, 6.45) is 0. The first-order chi connectivity index (χ1) is 9.86. The van der Waals surface area contributed by atoms with Crippen LogP contribution in [-0.2, 0) is 0 Å². The second kappa shape index (κ2) is 6.94. The number of pyridine rings is 1. The smallest absolute Gasteiger partial charge is 0.255 e. The molecule has 1 heterocycles. The molecule has 21 heavy (non-hydrogen) atoms. The summed E-state index contributed by atoms with van der Waals surface area (Å²) in [5.41, 5.74) is 1.82. The minimum Gasteiger partial charge on any atom is -0.321 e. The van der Waals surface area contributed by atoms with Gasteiger partial charge in [-0.25, -0.2) is 4.98 Å². The normalized spacial score (nSPS) is 10.8. The van der Waals surface area contributed by atoms with Gasteiger partial charge in [0.2, 0.25) is 0 Å². The third-order valence-electron chi connectivity index (χ3n) is 2.85. The van der Waals surface area contributed by atoms with Crippen LogP contribution < -0.4 is 5.32 Å². The molecule has 3 nitrogen and oxygen atoms in total. The standard InChI is InChI=1S/C15H13Cl2IN2O/c1-8(2)13-5-9(6-14(17)19-13)15(21)20-12-4-3-10(18)7-11(12)16/h3-8H,1-2H3,(H,20,21). The molecular formula is C15H13Cl2IN2O. The average Bonchev–Trinajstić information content (AvgIpc) is 2.41. The lowest BCUT2D eigenvalue weighted by Gasteiger charge is -2.10. The summed E-state index contributed by atoms with van der Waals surface area (Å²) in [5, 5.41) is 3.59. The molecule has 0 aliphatic rings. The largest absolute Gasteiger partial charge is 0.321 e. The van der Waals surface area contributed by atoms with Crippen molar-refractivity contribution >= 4 is 57.4 Å². The van der Waals surface area contributed by atoms with Crippen LogP contribution in [0, 0.1) is 3.57 Å². The molecule has 0 aliphatic carbocycles. The van der Waals surface area contributed by atoms with E-state index in [4.69, 9.17) is 23.2 Å². The molecule has 0 aliphatic heterocycles. The zero-order chi connectivity index (χ0) is 15.6. The van der Waals surface area contributed by atoms with Crippen molar-refractivity contribution < 1.29 is 4.79 Å². The van der Waals surface area contributed by atoms with E-state index in [-0.39, 0.29) is 11.8 Å². The second-order valence-corrected chi connectivity index (χ2v) is 6.88. The number of nitrogens with one attached hydrogen (secondary N) is 1. The van der Waals surface area contributed by atoms with Crippen molar-refractivity contribution in [1.29, 1.82) is 0 Å². The topological polar surface area (TPSA) is 42.0 Å². The lowest BCUT2D eigenvalue weighted by atomic mass is 10.1. The molecule has 1 N–H and O–H groups in total. The van der Waals surface area contributed by atoms with E-state index in [9.17, 15) is 4.79 Å². The Labute approximate surface area is 147 Å². The third kappa shape index (κ3) is 4.31. The van der Waals surface area contributed by atoms with Crippen molar-refractivity contribution in [3.05, 3.63) is 55.3 Å². The van der Waals surface area contributed by atoms with E-state index < -0.39 is 0 Å². The first-order valence-electron chi connectivity index (χ1n) is 6.30. The molecule has 2 rings (SSSR count). The van der Waals surface area contributed by atoms with Crippen LogP contribution in [-0.4, -0.2) is 10.9 Å². The van der Waals surface area contributed by atoms with Crippen molar-refractivity contribution in [2.45, 2.75) is 19.8 Å². The van der Waals surface area contributed by atoms with Crippen molar-refractivity contribution in [2.75, 3.05) is 5.32 Å². The molecule has 2 aromatic rings. The van der Waals surface area contributed by atoms with Gasteiger partial charge >= 0.3 is 0 Å². The van der Waals surface area contributed by atoms with Gasteiger partial charge in [0.1, 0.15) is 5.15 Å². The minimum atomic E-state index is -0.260. The van der Waals surface area contributed by atoms with Crippen molar-refractivity contribution in [3.63, 3.8) is 0 Å². The quantitative estimate of drug-likeness (QED) is 0.521. The minimum absolute atomic E-state index is 0.192. The molecule has 0 bridgehead atoms. The van der Waals surface area contributed by atoms with Gasteiger partial charge in [0, 0.05) is 14.8 Å². The summed E-state index contributed by atoms with van der Waals surface area (Å²) in [6, 6.07) is 8.72. The molecule has 0 spiro atoms. The van der Waals surface area contributed by atoms with Crippen LogP contribution in [0.5, 0.6) is 0 Å². The van der Waals surface area contributed by atoms with Crippen LogP contribution in [0.4, 0.5) is 5.69 Å². The molecule has 0 fully saturated rings. The number of nitrogens with zero attached hydrogens (tertiary/aromatic N) is 1. The summed E-state index contributed by atoms with van der Waals surface area (Å²) in [6.45, 7) is 3.99. The maximum Gasteiger partial charge on any atom is 0.255 e. The van der Waals surface area contributed by atoms with Gasteiger partial charge < -0.3 is 5.32 Å². The monoisotopic (exact) mass is 434 g/mol. The van der Waals surface area contributed by atoms with Crippen molar-refractivity contribution in [2.24, 2.45) is 0 Å². The fraction of sp³-hybridized carbons (Fsp3) is 0.200. The van der Waals surface area contributed by atoms with E-state index in [0.29, 0.717) is 21.4 Å². The summed E-state index contributed by atoms with van der Waals surface area (Å²) >= 11 is 14.3. The molecular weight excluding hydrogens is 422 g/mol. The maximum absolute atomic E-state index is 12.3. The van der Waals surface area contributed by atoms with Crippen LogP contribution in [0.25, 0.3) is 0 Å². The highest BCUT2D eigenvalue weighted by molar-refractivity contribution is 14.1. The predicted octanol–water partition coefficient (Wildman–Crippen LogP) is 5.37. The Morgan fingerprint density at radius 1 is 1.24 bits per heavy atom. The highest BCUT2D eigenvalue weighted by Crippen LogP contribution is 2.25. The lowest BCUT2D eigenvalue weighted by Crippen LogP contribution is -2.13. The fourth-order valence-electron chi connectivity index (χ4n) is 1.73. The Morgan fingerprint density at radius 2 is 1.95 bits per heavy atom. The summed E-state index contributed by atoms with van der Waals surface area (Å²) < 4.78 is 1.00. The lowest BCUT2D eigenvalue weighted by molar-refractivity contribution is 0.102. The highest BCUT2D eigenvalue weighted by Gasteiger charge is 2.13. The molecule has 1 aromatic carbocycles. The van der Waals surface area contributed by atoms with Gasteiger partial charge in [-0.3, -0.25) is 4.79 Å². The molecule has 1 amide bonds. The Balaban J connectivity index is 2.28. The Hall–Kier alpha value is -0.850. The summed E-state index contributed by atoms with van der Waals surface area (Å²) in [7, 11) is 0. The van der Waals surface area contributed by atoms with Crippen molar-refractivity contribution in [3.8, 4) is 0 Å². The van der Waals surface area contributed by atoms with Gasteiger partial charge in [0.25, 0.3) is 5.91 Å². The number of anilines is 1. The number of hydrogen-bond acceptors (Lipinski definition) is 2. The van der Waals surface area contributed by atoms with Gasteiger partial charge in [0.15, 0.2) is 0 Å². The fourth-order valence-corrected chi connectivity index (χ4v) is 2.85. The molecule has 0 unspecified atom stereocenters. The second-order valence-electron chi connectivity index (χ2n) is 4.84. The number of rotatable bonds is 3. The number of amides is 1. The first kappa shape index (κ1) is 16.5. The van der Waals surface area contributed by atoms with Gasteiger partial charge in [-0.2, -0.15) is 0 Å². The zero-order valence-corrected chi connectivity index (χ0v) is 15.1. The number of hydrogen-bond donors (Lipinski definition) is 1. The Bertz CT molecular complexity index is 689. The molecule has 6 heteroatoms. The number of carbonyl (C=O) groups is 1. The average molecular weight is 435 g/mol. The van der Waals surface area contributed by atoms with E-state index in [2.05, 4.69) is 32.9 Å². The van der Waals surface area contributed by atoms with Crippen LogP contribution >= 0.6 is 45.8 Å². The van der Waals surface area contributed by atoms with E-state index in [1.165, 1.54) is 0 Å². The molecule has 0 atom stereocenters. The Morgan fingerprint density at radius 3 is 2.57 bits per heavy atom. The van der Waals surface area contributed by atoms with E-state index in [1.54, 1.807) is 24.3 Å². The van der Waals surface area contributed by atoms with Crippen LogP contribution in [0.2, 0.25) is 10.2 Å². The number of benzene rings is 1. The highest BCUT2D eigenvalue weighted by atomic mass is 127. The molecule has 1 aromatic heterocycles. The van der Waals surface area contributed by atoms with Crippen LogP contribution in [0.15, 0.2) is 30.3 Å². The molecule has 0 saturated carbocycles. The van der Waals surface area contributed by atoms with Gasteiger partial charge in [-0.1, -0.05) is 37.0 Å². The number of halogens is 3. The third-order valence-corrected chi connectivity index (χ3v) is 4.02. The number of aromatic nitrogens is 1.